The molecule has 1 aliphatic heterocycles. The number of ether oxygens (including phenoxy) is 1. The summed E-state index contributed by atoms with van der Waals surface area (Å²) in [7, 11) is 3.87. The molecular weight excluding hydrogens is 248 g/mol. The van der Waals surface area contributed by atoms with E-state index in [0.29, 0.717) is 0 Å². The summed E-state index contributed by atoms with van der Waals surface area (Å²) in [6.07, 6.45) is 1.27. The fourth-order valence-electron chi connectivity index (χ4n) is 2.39. The van der Waals surface area contributed by atoms with Gasteiger partial charge < -0.3 is 14.5 Å². The third-order valence-corrected chi connectivity index (χ3v) is 4.31. The zero-order chi connectivity index (χ0) is 13.0. The monoisotopic (exact) mass is 270 g/mol. The Morgan fingerprint density at radius 1 is 1.50 bits per heavy atom. The van der Waals surface area contributed by atoms with Crippen molar-refractivity contribution in [2.24, 2.45) is 5.92 Å². The lowest BCUT2D eigenvalue weighted by atomic mass is 10.1. The molecule has 0 aromatic carbocycles. The van der Waals surface area contributed by atoms with Gasteiger partial charge >= 0.3 is 0 Å². The third kappa shape index (κ3) is 3.63. The van der Waals surface area contributed by atoms with Gasteiger partial charge in [0.25, 0.3) is 0 Å². The van der Waals surface area contributed by atoms with Crippen molar-refractivity contribution in [1.29, 1.82) is 0 Å². The van der Waals surface area contributed by atoms with Crippen LogP contribution in [0.2, 0.25) is 0 Å². The van der Waals surface area contributed by atoms with Crippen molar-refractivity contribution in [2.45, 2.75) is 13.3 Å². The first-order valence-electron chi connectivity index (χ1n) is 6.41. The zero-order valence-corrected chi connectivity index (χ0v) is 12.2. The molecule has 0 saturated carbocycles. The lowest BCUT2D eigenvalue weighted by molar-refractivity contribution is 0.159. The number of likely N-dealkylation sites (tertiary alicyclic amines) is 1. The summed E-state index contributed by atoms with van der Waals surface area (Å²) in [4.78, 5) is 4.71. The molecule has 6 heteroatoms. The van der Waals surface area contributed by atoms with Crippen LogP contribution in [0.3, 0.4) is 0 Å². The molecule has 0 N–H and O–H groups in total. The second-order valence-electron chi connectivity index (χ2n) is 4.93. The Morgan fingerprint density at radius 3 is 3.00 bits per heavy atom. The van der Waals surface area contributed by atoms with E-state index in [-0.39, 0.29) is 0 Å². The average Bonchev–Trinajstić information content (AvgIpc) is 2.96. The Kier molecular flexibility index (Phi) is 4.91. The van der Waals surface area contributed by atoms with Gasteiger partial charge in [-0.25, -0.2) is 0 Å². The van der Waals surface area contributed by atoms with Gasteiger partial charge in [-0.3, -0.25) is 0 Å². The van der Waals surface area contributed by atoms with E-state index in [2.05, 4.69) is 27.0 Å². The Labute approximate surface area is 113 Å². The summed E-state index contributed by atoms with van der Waals surface area (Å²) in [6.45, 7) is 7.31. The van der Waals surface area contributed by atoms with Gasteiger partial charge in [0.1, 0.15) is 5.01 Å². The van der Waals surface area contributed by atoms with Crippen LogP contribution in [0.1, 0.15) is 11.4 Å². The van der Waals surface area contributed by atoms with E-state index in [1.807, 2.05) is 6.92 Å². The minimum Gasteiger partial charge on any atom is -0.383 e. The fourth-order valence-corrected chi connectivity index (χ4v) is 3.05. The number of aryl methyl sites for hydroxylation is 1. The van der Waals surface area contributed by atoms with Crippen LogP contribution in [-0.4, -0.2) is 62.0 Å². The molecule has 2 rings (SSSR count). The Bertz CT molecular complexity index is 371. The summed E-state index contributed by atoms with van der Waals surface area (Å²) in [6, 6.07) is 0. The molecular formula is C12H22N4OS. The van der Waals surface area contributed by atoms with Crippen molar-refractivity contribution in [3.8, 4) is 0 Å². The SMILES string of the molecule is COCCN1CCC(CN(C)c2nnc(C)s2)C1. The molecule has 1 atom stereocenters. The normalized spacial score (nSPS) is 20.5. The fraction of sp³-hybridized carbons (Fsp3) is 0.833. The topological polar surface area (TPSA) is 41.5 Å². The van der Waals surface area contributed by atoms with Crippen LogP contribution in [0.5, 0.6) is 0 Å². The van der Waals surface area contributed by atoms with Gasteiger partial charge in [0.05, 0.1) is 6.61 Å². The zero-order valence-electron chi connectivity index (χ0n) is 11.4. The minimum atomic E-state index is 0.732. The number of nitrogens with zero attached hydrogens (tertiary/aromatic N) is 4. The van der Waals surface area contributed by atoms with Crippen LogP contribution in [0.25, 0.3) is 0 Å². The molecule has 1 aliphatic rings. The first-order valence-corrected chi connectivity index (χ1v) is 7.23. The van der Waals surface area contributed by atoms with Crippen molar-refractivity contribution in [2.75, 3.05) is 51.8 Å². The summed E-state index contributed by atoms with van der Waals surface area (Å²) in [5, 5.41) is 10.3. The molecule has 0 bridgehead atoms. The molecule has 102 valence electrons. The number of hydrogen-bond acceptors (Lipinski definition) is 6. The van der Waals surface area contributed by atoms with E-state index in [1.165, 1.54) is 19.5 Å². The van der Waals surface area contributed by atoms with Gasteiger partial charge in [0.2, 0.25) is 5.13 Å². The first kappa shape index (κ1) is 13.7. The van der Waals surface area contributed by atoms with Crippen molar-refractivity contribution in [3.05, 3.63) is 5.01 Å². The van der Waals surface area contributed by atoms with Crippen molar-refractivity contribution in [3.63, 3.8) is 0 Å². The maximum atomic E-state index is 5.12. The molecule has 0 spiro atoms. The highest BCUT2D eigenvalue weighted by Gasteiger charge is 2.23. The van der Waals surface area contributed by atoms with Crippen LogP contribution < -0.4 is 4.90 Å². The summed E-state index contributed by atoms with van der Waals surface area (Å²) in [5.74, 6) is 0.732. The van der Waals surface area contributed by atoms with E-state index in [0.717, 1.165) is 35.8 Å². The largest absolute Gasteiger partial charge is 0.383 e. The van der Waals surface area contributed by atoms with E-state index in [1.54, 1.807) is 18.4 Å². The second kappa shape index (κ2) is 6.45. The van der Waals surface area contributed by atoms with Crippen molar-refractivity contribution in [1.82, 2.24) is 15.1 Å². The molecule has 5 nitrogen and oxygen atoms in total. The highest BCUT2D eigenvalue weighted by Crippen LogP contribution is 2.22. The standard InChI is InChI=1S/C12H22N4OS/c1-10-13-14-12(18-10)15(2)8-11-4-5-16(9-11)6-7-17-3/h11H,4-9H2,1-3H3. The van der Waals surface area contributed by atoms with Crippen LogP contribution >= 0.6 is 11.3 Å². The molecule has 0 aliphatic carbocycles. The van der Waals surface area contributed by atoms with E-state index >= 15 is 0 Å². The average molecular weight is 270 g/mol. The highest BCUT2D eigenvalue weighted by molar-refractivity contribution is 7.15. The molecule has 0 amide bonds. The number of anilines is 1. The second-order valence-corrected chi connectivity index (χ2v) is 6.09. The van der Waals surface area contributed by atoms with Gasteiger partial charge in [-0.05, 0) is 25.8 Å². The van der Waals surface area contributed by atoms with Gasteiger partial charge in [-0.1, -0.05) is 11.3 Å². The van der Waals surface area contributed by atoms with Crippen molar-refractivity contribution >= 4 is 16.5 Å². The van der Waals surface area contributed by atoms with Crippen molar-refractivity contribution < 1.29 is 4.74 Å². The smallest absolute Gasteiger partial charge is 0.208 e. The Hall–Kier alpha value is -0.720. The molecule has 1 saturated heterocycles. The summed E-state index contributed by atoms with van der Waals surface area (Å²) in [5.41, 5.74) is 0. The van der Waals surface area contributed by atoms with E-state index in [4.69, 9.17) is 4.74 Å². The quantitative estimate of drug-likeness (QED) is 0.778. The molecule has 1 fully saturated rings. The van der Waals surface area contributed by atoms with E-state index < -0.39 is 0 Å². The molecule has 1 aromatic heterocycles. The molecule has 1 aromatic rings. The minimum absolute atomic E-state index is 0.732. The maximum absolute atomic E-state index is 5.12. The lowest BCUT2D eigenvalue weighted by Crippen LogP contribution is -2.29. The molecule has 18 heavy (non-hydrogen) atoms. The number of rotatable bonds is 6. The van der Waals surface area contributed by atoms with Crippen LogP contribution in [0.15, 0.2) is 0 Å². The predicted octanol–water partition coefficient (Wildman–Crippen LogP) is 1.25. The lowest BCUT2D eigenvalue weighted by Gasteiger charge is -2.20. The van der Waals surface area contributed by atoms with Crippen LogP contribution in [-0.2, 0) is 4.74 Å². The van der Waals surface area contributed by atoms with Gasteiger partial charge in [0, 0.05) is 33.8 Å². The number of aromatic nitrogens is 2. The number of methoxy groups -OCH3 is 1. The summed E-state index contributed by atoms with van der Waals surface area (Å²) >= 11 is 1.66. The van der Waals surface area contributed by atoms with Gasteiger partial charge in [-0.2, -0.15) is 0 Å². The van der Waals surface area contributed by atoms with Gasteiger partial charge in [0.15, 0.2) is 0 Å². The summed E-state index contributed by atoms with van der Waals surface area (Å²) < 4.78 is 5.12. The number of hydrogen-bond donors (Lipinski definition) is 0. The molecule has 2 heterocycles. The Morgan fingerprint density at radius 2 is 2.33 bits per heavy atom. The molecule has 1 unspecified atom stereocenters. The third-order valence-electron chi connectivity index (χ3n) is 3.36. The maximum Gasteiger partial charge on any atom is 0.208 e. The van der Waals surface area contributed by atoms with Crippen LogP contribution in [0, 0.1) is 12.8 Å². The molecule has 0 radical (unpaired) electrons. The van der Waals surface area contributed by atoms with Crippen LogP contribution in [0.4, 0.5) is 5.13 Å². The predicted molar refractivity (Wildman–Crippen MR) is 74.3 cm³/mol. The first-order chi connectivity index (χ1) is 8.69. The highest BCUT2D eigenvalue weighted by atomic mass is 32.1. The Balaban J connectivity index is 1.77. The van der Waals surface area contributed by atoms with E-state index in [9.17, 15) is 0 Å². The van der Waals surface area contributed by atoms with Gasteiger partial charge in [-0.15, -0.1) is 10.2 Å².